The van der Waals surface area contributed by atoms with E-state index in [1.54, 1.807) is 24.3 Å². The number of hydrogen-bond donors (Lipinski definition) is 0. The molecule has 0 aliphatic rings. The van der Waals surface area contributed by atoms with Gasteiger partial charge in [0.15, 0.2) is 5.78 Å². The van der Waals surface area contributed by atoms with Crippen molar-refractivity contribution in [2.45, 2.75) is 31.9 Å². The second kappa shape index (κ2) is 6.92. The molecule has 4 nitrogen and oxygen atoms in total. The fraction of sp³-hybridized carbons (Fsp3) is 0.467. The van der Waals surface area contributed by atoms with E-state index in [4.69, 9.17) is 8.85 Å². The molecule has 0 saturated carbocycles. The van der Waals surface area contributed by atoms with Gasteiger partial charge in [-0.3, -0.25) is 9.59 Å². The third-order valence-electron chi connectivity index (χ3n) is 3.57. The molecule has 110 valence electrons. The van der Waals surface area contributed by atoms with Crippen LogP contribution >= 0.6 is 0 Å². The zero-order chi connectivity index (χ0) is 15.3. The minimum atomic E-state index is -2.96. The molecule has 1 unspecified atom stereocenters. The average Bonchev–Trinajstić information content (AvgIpc) is 2.44. The number of rotatable bonds is 7. The smallest absolute Gasteiger partial charge is 0.359 e. The molecule has 0 spiro atoms. The van der Waals surface area contributed by atoms with Gasteiger partial charge in [0.05, 0.1) is 0 Å². The average molecular weight is 294 g/mol. The van der Waals surface area contributed by atoms with E-state index < -0.39 is 14.1 Å². The predicted molar refractivity (Wildman–Crippen MR) is 80.1 cm³/mol. The van der Waals surface area contributed by atoms with Gasteiger partial charge in [-0.2, -0.15) is 0 Å². The summed E-state index contributed by atoms with van der Waals surface area (Å²) < 4.78 is 11.2. The van der Waals surface area contributed by atoms with Gasteiger partial charge in [0.1, 0.15) is 11.3 Å². The van der Waals surface area contributed by atoms with Crippen molar-refractivity contribution < 1.29 is 18.4 Å². The molecule has 0 aliphatic heterocycles. The summed E-state index contributed by atoms with van der Waals surface area (Å²) >= 11 is 0. The molecule has 0 radical (unpaired) electrons. The van der Waals surface area contributed by atoms with Crippen molar-refractivity contribution in [3.8, 4) is 0 Å². The zero-order valence-corrected chi connectivity index (χ0v) is 13.7. The third kappa shape index (κ3) is 3.05. The van der Waals surface area contributed by atoms with Gasteiger partial charge in [-0.15, -0.1) is 0 Å². The second-order valence-corrected chi connectivity index (χ2v) is 9.05. The summed E-state index contributed by atoms with van der Waals surface area (Å²) in [5.74, 6) is -0.426. The van der Waals surface area contributed by atoms with Crippen LogP contribution in [0.1, 0.15) is 31.1 Å². The van der Waals surface area contributed by atoms with E-state index in [9.17, 15) is 9.59 Å². The molecule has 1 rings (SSSR count). The summed E-state index contributed by atoms with van der Waals surface area (Å²) in [5, 5.41) is 0. The first-order chi connectivity index (χ1) is 9.40. The normalized spacial score (nSPS) is 13.3. The van der Waals surface area contributed by atoms with Gasteiger partial charge < -0.3 is 8.85 Å². The molecule has 20 heavy (non-hydrogen) atoms. The Labute approximate surface area is 121 Å². The number of carbonyl (C=O) groups excluding carboxylic acids is 2. The monoisotopic (exact) mass is 294 g/mol. The first-order valence-corrected chi connectivity index (χ1v) is 8.57. The van der Waals surface area contributed by atoms with E-state index in [0.29, 0.717) is 5.56 Å². The largest absolute Gasteiger partial charge is 0.397 e. The fourth-order valence-corrected chi connectivity index (χ4v) is 5.89. The SMILES string of the molecule is CO[Si](OC)(C(C)C)C(C(C)=O)C(=O)c1ccccc1. The first kappa shape index (κ1) is 16.8. The Morgan fingerprint density at radius 1 is 1.05 bits per heavy atom. The van der Waals surface area contributed by atoms with E-state index in [1.807, 2.05) is 19.9 Å². The number of carbonyl (C=O) groups is 2. The molecule has 1 atom stereocenters. The molecule has 5 heteroatoms. The molecule has 0 N–H and O–H groups in total. The number of hydrogen-bond acceptors (Lipinski definition) is 4. The molecule has 0 amide bonds. The quantitative estimate of drug-likeness (QED) is 0.441. The van der Waals surface area contributed by atoms with Crippen molar-refractivity contribution >= 4 is 20.1 Å². The van der Waals surface area contributed by atoms with Crippen LogP contribution in [0.25, 0.3) is 0 Å². The maximum atomic E-state index is 12.7. The molecule has 1 aromatic carbocycles. The van der Waals surface area contributed by atoms with Gasteiger partial charge >= 0.3 is 8.56 Å². The molecule has 0 saturated heterocycles. The van der Waals surface area contributed by atoms with Gasteiger partial charge in [0.2, 0.25) is 0 Å². The highest BCUT2D eigenvalue weighted by Crippen LogP contribution is 2.37. The van der Waals surface area contributed by atoms with E-state index in [-0.39, 0.29) is 17.1 Å². The Morgan fingerprint density at radius 3 is 1.90 bits per heavy atom. The lowest BCUT2D eigenvalue weighted by Crippen LogP contribution is -2.53. The lowest BCUT2D eigenvalue weighted by molar-refractivity contribution is -0.116. The number of ketones is 2. The van der Waals surface area contributed by atoms with Crippen molar-refractivity contribution in [1.82, 2.24) is 0 Å². The molecule has 0 aromatic heterocycles. The van der Waals surface area contributed by atoms with Crippen LogP contribution in [0.2, 0.25) is 11.1 Å². The van der Waals surface area contributed by atoms with Gasteiger partial charge in [0, 0.05) is 19.8 Å². The lowest BCUT2D eigenvalue weighted by atomic mass is 10.1. The van der Waals surface area contributed by atoms with Gasteiger partial charge in [0.25, 0.3) is 0 Å². The first-order valence-electron chi connectivity index (χ1n) is 6.60. The van der Waals surface area contributed by atoms with Gasteiger partial charge in [-0.1, -0.05) is 44.2 Å². The van der Waals surface area contributed by atoms with Crippen LogP contribution in [-0.2, 0) is 13.6 Å². The molecule has 0 heterocycles. The Hall–Kier alpha value is -1.30. The molecular weight excluding hydrogens is 272 g/mol. The summed E-state index contributed by atoms with van der Waals surface area (Å²) in [6, 6.07) is 8.82. The number of benzene rings is 1. The van der Waals surface area contributed by atoms with Crippen molar-refractivity contribution in [2.75, 3.05) is 14.2 Å². The third-order valence-corrected chi connectivity index (χ3v) is 7.93. The van der Waals surface area contributed by atoms with Crippen LogP contribution in [0.15, 0.2) is 30.3 Å². The summed E-state index contributed by atoms with van der Waals surface area (Å²) in [5.41, 5.74) is -0.349. The minimum Gasteiger partial charge on any atom is -0.397 e. The lowest BCUT2D eigenvalue weighted by Gasteiger charge is -2.36. The summed E-state index contributed by atoms with van der Waals surface area (Å²) in [6.45, 7) is 5.27. The molecule has 0 aliphatic carbocycles. The van der Waals surface area contributed by atoms with E-state index in [1.165, 1.54) is 21.1 Å². The topological polar surface area (TPSA) is 52.6 Å². The fourth-order valence-electron chi connectivity index (χ4n) is 2.54. The highest BCUT2D eigenvalue weighted by atomic mass is 28.4. The Bertz CT molecular complexity index is 466. The molecule has 1 aromatic rings. The maximum Gasteiger partial charge on any atom is 0.359 e. The van der Waals surface area contributed by atoms with Crippen LogP contribution in [0.5, 0.6) is 0 Å². The molecule has 0 bridgehead atoms. The molecule has 0 fully saturated rings. The van der Waals surface area contributed by atoms with Crippen molar-refractivity contribution in [2.24, 2.45) is 0 Å². The summed E-state index contributed by atoms with van der Waals surface area (Å²) in [7, 11) is 0.0773. The Morgan fingerprint density at radius 2 is 1.55 bits per heavy atom. The van der Waals surface area contributed by atoms with Crippen LogP contribution in [0.4, 0.5) is 0 Å². The standard InChI is InChI=1S/C15H22O4Si/c1-11(2)20(18-4,19-5)15(12(3)16)14(17)13-9-7-6-8-10-13/h6-11,15H,1-5H3. The Balaban J connectivity index is 3.30. The van der Waals surface area contributed by atoms with E-state index >= 15 is 0 Å². The van der Waals surface area contributed by atoms with Crippen LogP contribution in [0.3, 0.4) is 0 Å². The minimum absolute atomic E-state index is 0.0148. The van der Waals surface area contributed by atoms with Crippen molar-refractivity contribution in [3.05, 3.63) is 35.9 Å². The van der Waals surface area contributed by atoms with Crippen LogP contribution < -0.4 is 0 Å². The highest BCUT2D eigenvalue weighted by Gasteiger charge is 2.53. The van der Waals surface area contributed by atoms with E-state index in [0.717, 1.165) is 0 Å². The summed E-state index contributed by atoms with van der Waals surface area (Å²) in [6.07, 6.45) is 0. The number of Topliss-reactive ketones (excluding diaryl/α,β-unsaturated/α-hetero) is 2. The zero-order valence-electron chi connectivity index (χ0n) is 12.7. The highest BCUT2D eigenvalue weighted by molar-refractivity contribution is 6.78. The van der Waals surface area contributed by atoms with E-state index in [2.05, 4.69) is 0 Å². The van der Waals surface area contributed by atoms with Crippen molar-refractivity contribution in [1.29, 1.82) is 0 Å². The van der Waals surface area contributed by atoms with Crippen LogP contribution in [-0.4, -0.2) is 34.3 Å². The second-order valence-electron chi connectivity index (χ2n) is 5.06. The summed E-state index contributed by atoms with van der Waals surface area (Å²) in [4.78, 5) is 24.8. The van der Waals surface area contributed by atoms with Crippen LogP contribution in [0, 0.1) is 0 Å². The predicted octanol–water partition coefficient (Wildman–Crippen LogP) is 2.97. The van der Waals surface area contributed by atoms with Gasteiger partial charge in [-0.05, 0) is 12.5 Å². The van der Waals surface area contributed by atoms with Crippen molar-refractivity contribution in [3.63, 3.8) is 0 Å². The maximum absolute atomic E-state index is 12.7. The van der Waals surface area contributed by atoms with Gasteiger partial charge in [-0.25, -0.2) is 0 Å². The molecular formula is C15H22O4Si. The Kier molecular flexibility index (Phi) is 5.80.